The molecule has 2 aromatic heterocycles. The van der Waals surface area contributed by atoms with E-state index in [2.05, 4.69) is 159 Å². The summed E-state index contributed by atoms with van der Waals surface area (Å²) in [4.78, 5) is 30.1. The predicted octanol–water partition coefficient (Wildman–Crippen LogP) is 13.7. The maximum Gasteiger partial charge on any atom is 0.164 e. The summed E-state index contributed by atoms with van der Waals surface area (Å²) >= 11 is 0. The Bertz CT molecular complexity index is 3160. The molecule has 10 aromatic rings. The van der Waals surface area contributed by atoms with Gasteiger partial charge in [-0.3, -0.25) is 0 Å². The molecule has 6 nitrogen and oxygen atoms in total. The molecule has 294 valence electrons. The highest BCUT2D eigenvalue weighted by Crippen LogP contribution is 2.32. The van der Waals surface area contributed by atoms with Gasteiger partial charge in [0.1, 0.15) is 0 Å². The second-order valence-corrected chi connectivity index (χ2v) is 15.4. The Morgan fingerprint density at radius 2 is 0.468 bits per heavy atom. The zero-order valence-corrected chi connectivity index (χ0v) is 34.3. The maximum absolute atomic E-state index is 5.05. The summed E-state index contributed by atoms with van der Waals surface area (Å²) in [6, 6.07) is 70.8. The first-order valence-corrected chi connectivity index (χ1v) is 20.7. The molecule has 0 aliphatic rings. The Labute approximate surface area is 361 Å². The maximum atomic E-state index is 5.05. The van der Waals surface area contributed by atoms with E-state index in [0.717, 1.165) is 61.2 Å². The van der Waals surface area contributed by atoms with Crippen molar-refractivity contribution >= 4 is 0 Å². The molecule has 0 N–H and O–H groups in total. The summed E-state index contributed by atoms with van der Waals surface area (Å²) in [5.41, 5.74) is 14.6. The minimum Gasteiger partial charge on any atom is -0.208 e. The predicted molar refractivity (Wildman–Crippen MR) is 252 cm³/mol. The summed E-state index contributed by atoms with van der Waals surface area (Å²) in [6.07, 6.45) is 0. The van der Waals surface area contributed by atoms with Crippen LogP contribution in [0.4, 0.5) is 0 Å². The summed E-state index contributed by atoms with van der Waals surface area (Å²) < 4.78 is 0. The van der Waals surface area contributed by atoms with E-state index in [1.807, 2.05) is 60.7 Å². The fraction of sp³-hybridized carbons (Fsp3) is 0.0357. The van der Waals surface area contributed by atoms with Crippen molar-refractivity contribution in [2.45, 2.75) is 13.8 Å². The van der Waals surface area contributed by atoms with Gasteiger partial charge in [-0.2, -0.15) is 0 Å². The molecule has 0 saturated heterocycles. The van der Waals surface area contributed by atoms with E-state index >= 15 is 0 Å². The summed E-state index contributed by atoms with van der Waals surface area (Å²) in [5, 5.41) is 0. The SMILES string of the molecule is Cc1ccc(-c2ccc(-c3nc(-c4ccccc4)nc(-c4cccc(-c5ccc(-c6nc(-c7ccccc7)nc(-c7cccc(-c8cccc(C)c8)c7)n6)cc5)c4)n3)cc2)cc1. The second-order valence-electron chi connectivity index (χ2n) is 15.4. The van der Waals surface area contributed by atoms with Crippen LogP contribution in [-0.4, -0.2) is 29.9 Å². The standard InChI is InChI=1S/C56H40N6/c1-37-22-24-39(25-23-37)40-26-30-44(31-27-40)53-57-51(42-13-5-3-6-14-42)59-55(61-53)49-20-10-18-47(35-49)41-28-32-45(33-29-41)54-58-52(43-15-7-4-8-16-43)60-56(62-54)50-21-11-19-48(36-50)46-17-9-12-38(2)34-46/h3-36H,1-2H3. The summed E-state index contributed by atoms with van der Waals surface area (Å²) in [7, 11) is 0. The van der Waals surface area contributed by atoms with Crippen molar-refractivity contribution in [2.24, 2.45) is 0 Å². The third-order valence-electron chi connectivity index (χ3n) is 10.9. The van der Waals surface area contributed by atoms with Crippen LogP contribution in [-0.2, 0) is 0 Å². The topological polar surface area (TPSA) is 77.3 Å². The van der Waals surface area contributed by atoms with Crippen LogP contribution < -0.4 is 0 Å². The second kappa shape index (κ2) is 16.8. The van der Waals surface area contributed by atoms with Crippen molar-refractivity contribution in [1.82, 2.24) is 29.9 Å². The minimum absolute atomic E-state index is 0.604. The molecule has 0 bridgehead atoms. The van der Waals surface area contributed by atoms with Crippen LogP contribution in [0.25, 0.3) is 102 Å². The number of aromatic nitrogens is 6. The third kappa shape index (κ3) is 8.18. The highest BCUT2D eigenvalue weighted by molar-refractivity contribution is 5.76. The Morgan fingerprint density at radius 1 is 0.194 bits per heavy atom. The summed E-state index contributed by atoms with van der Waals surface area (Å²) in [6.45, 7) is 4.21. The average Bonchev–Trinajstić information content (AvgIpc) is 3.35. The Hall–Kier alpha value is -8.22. The van der Waals surface area contributed by atoms with E-state index in [0.29, 0.717) is 34.9 Å². The number of rotatable bonds is 9. The Balaban J connectivity index is 0.987. The molecule has 0 spiro atoms. The van der Waals surface area contributed by atoms with Gasteiger partial charge in [0.2, 0.25) is 0 Å². The largest absolute Gasteiger partial charge is 0.208 e. The van der Waals surface area contributed by atoms with Crippen LogP contribution in [0.1, 0.15) is 11.1 Å². The molecule has 0 saturated carbocycles. The quantitative estimate of drug-likeness (QED) is 0.145. The number of hydrogen-bond donors (Lipinski definition) is 0. The monoisotopic (exact) mass is 796 g/mol. The van der Waals surface area contributed by atoms with Crippen LogP contribution >= 0.6 is 0 Å². The lowest BCUT2D eigenvalue weighted by atomic mass is 10.0. The first kappa shape index (κ1) is 38.0. The first-order valence-electron chi connectivity index (χ1n) is 20.7. The molecule has 2 heterocycles. The lowest BCUT2D eigenvalue weighted by Gasteiger charge is -2.11. The van der Waals surface area contributed by atoms with E-state index in [1.165, 1.54) is 16.7 Å². The number of aryl methyl sites for hydroxylation is 2. The van der Waals surface area contributed by atoms with Crippen molar-refractivity contribution in [3.8, 4) is 102 Å². The van der Waals surface area contributed by atoms with Gasteiger partial charge in [0.05, 0.1) is 0 Å². The van der Waals surface area contributed by atoms with Crippen LogP contribution in [0.2, 0.25) is 0 Å². The van der Waals surface area contributed by atoms with Crippen molar-refractivity contribution in [1.29, 1.82) is 0 Å². The molecule has 0 amide bonds. The van der Waals surface area contributed by atoms with Crippen molar-refractivity contribution in [2.75, 3.05) is 0 Å². The zero-order chi connectivity index (χ0) is 41.8. The first-order chi connectivity index (χ1) is 30.5. The smallest absolute Gasteiger partial charge is 0.164 e. The average molecular weight is 797 g/mol. The van der Waals surface area contributed by atoms with Crippen LogP contribution in [0.5, 0.6) is 0 Å². The molecule has 8 aromatic carbocycles. The van der Waals surface area contributed by atoms with E-state index < -0.39 is 0 Å². The molecule has 10 rings (SSSR count). The molecule has 0 fully saturated rings. The van der Waals surface area contributed by atoms with Gasteiger partial charge < -0.3 is 0 Å². The fourth-order valence-electron chi connectivity index (χ4n) is 7.57. The van der Waals surface area contributed by atoms with Gasteiger partial charge in [0.15, 0.2) is 34.9 Å². The van der Waals surface area contributed by atoms with E-state index in [-0.39, 0.29) is 0 Å². The van der Waals surface area contributed by atoms with E-state index in [1.54, 1.807) is 0 Å². The lowest BCUT2D eigenvalue weighted by Crippen LogP contribution is -2.00. The molecule has 6 heteroatoms. The molecule has 0 radical (unpaired) electrons. The third-order valence-corrected chi connectivity index (χ3v) is 10.9. The highest BCUT2D eigenvalue weighted by Gasteiger charge is 2.16. The van der Waals surface area contributed by atoms with E-state index in [9.17, 15) is 0 Å². The van der Waals surface area contributed by atoms with Crippen LogP contribution in [0.3, 0.4) is 0 Å². The van der Waals surface area contributed by atoms with E-state index in [4.69, 9.17) is 29.9 Å². The molecule has 62 heavy (non-hydrogen) atoms. The van der Waals surface area contributed by atoms with Gasteiger partial charge in [-0.05, 0) is 59.4 Å². The van der Waals surface area contributed by atoms with Gasteiger partial charge in [0.25, 0.3) is 0 Å². The van der Waals surface area contributed by atoms with Crippen molar-refractivity contribution in [3.05, 3.63) is 217 Å². The molecule has 0 atom stereocenters. The normalized spacial score (nSPS) is 11.1. The van der Waals surface area contributed by atoms with Gasteiger partial charge in [-0.1, -0.05) is 205 Å². The lowest BCUT2D eigenvalue weighted by molar-refractivity contribution is 1.07. The van der Waals surface area contributed by atoms with Crippen molar-refractivity contribution < 1.29 is 0 Å². The number of nitrogens with zero attached hydrogens (tertiary/aromatic N) is 6. The van der Waals surface area contributed by atoms with Gasteiger partial charge in [0, 0.05) is 33.4 Å². The molecule has 0 aliphatic carbocycles. The Kier molecular flexibility index (Phi) is 10.3. The molecular weight excluding hydrogens is 757 g/mol. The number of benzene rings is 8. The fourth-order valence-corrected chi connectivity index (χ4v) is 7.57. The summed E-state index contributed by atoms with van der Waals surface area (Å²) in [5.74, 6) is 3.69. The van der Waals surface area contributed by atoms with Gasteiger partial charge in [-0.15, -0.1) is 0 Å². The molecule has 0 aliphatic heterocycles. The van der Waals surface area contributed by atoms with Gasteiger partial charge >= 0.3 is 0 Å². The highest BCUT2D eigenvalue weighted by atomic mass is 15.0. The Morgan fingerprint density at radius 3 is 0.887 bits per heavy atom. The van der Waals surface area contributed by atoms with Crippen LogP contribution in [0.15, 0.2) is 206 Å². The molecular formula is C56H40N6. The minimum atomic E-state index is 0.604. The number of hydrogen-bond acceptors (Lipinski definition) is 6. The zero-order valence-electron chi connectivity index (χ0n) is 34.3. The van der Waals surface area contributed by atoms with Gasteiger partial charge in [-0.25, -0.2) is 29.9 Å². The molecule has 0 unspecified atom stereocenters. The van der Waals surface area contributed by atoms with Crippen molar-refractivity contribution in [3.63, 3.8) is 0 Å². The van der Waals surface area contributed by atoms with Crippen LogP contribution in [0, 0.1) is 13.8 Å².